The molecule has 0 amide bonds. The first kappa shape index (κ1) is 17.5. The molecule has 0 bridgehead atoms. The first-order chi connectivity index (χ1) is 9.34. The van der Waals surface area contributed by atoms with Crippen molar-refractivity contribution >= 4 is 23.2 Å². The normalized spacial score (nSPS) is 12.7. The van der Waals surface area contributed by atoms with Gasteiger partial charge in [-0.1, -0.05) is 18.2 Å². The van der Waals surface area contributed by atoms with Crippen molar-refractivity contribution in [3.63, 3.8) is 0 Å². The highest BCUT2D eigenvalue weighted by Crippen LogP contribution is 2.33. The number of halogens is 6. The van der Waals surface area contributed by atoms with E-state index in [0.29, 0.717) is 5.56 Å². The highest BCUT2D eigenvalue weighted by atomic mass is 35.5. The summed E-state index contributed by atoms with van der Waals surface area (Å²) >= 11 is 11.7. The molecule has 0 atom stereocenters. The van der Waals surface area contributed by atoms with Crippen LogP contribution in [-0.4, -0.2) is 31.2 Å². The van der Waals surface area contributed by atoms with Gasteiger partial charge in [-0.2, -0.15) is 13.2 Å². The summed E-state index contributed by atoms with van der Waals surface area (Å²) in [5, 5.41) is 0. The minimum atomic E-state index is -4.39. The topological polar surface area (TPSA) is 9.23 Å². The summed E-state index contributed by atoms with van der Waals surface area (Å²) in [4.78, 5) is 0. The molecule has 1 rings (SSSR count). The maximum Gasteiger partial charge on any atom is 0.411 e. The van der Waals surface area contributed by atoms with E-state index in [4.69, 9.17) is 23.2 Å². The standard InChI is InChI=1S/C13H14Cl2F4O/c14-7-12(8-15,5-6-20-9-13(17,18)19)10-3-1-2-4-11(10)16/h1-4H,5-9H2. The van der Waals surface area contributed by atoms with Crippen LogP contribution in [0.1, 0.15) is 12.0 Å². The summed E-state index contributed by atoms with van der Waals surface area (Å²) in [5.41, 5.74) is -0.652. The molecule has 0 saturated heterocycles. The first-order valence-electron chi connectivity index (χ1n) is 5.86. The Morgan fingerprint density at radius 3 is 2.15 bits per heavy atom. The molecule has 1 nitrogen and oxygen atoms in total. The molecule has 1 aromatic carbocycles. The molecule has 0 aromatic heterocycles. The lowest BCUT2D eigenvalue weighted by Gasteiger charge is -2.30. The Hall–Kier alpha value is -0.520. The number of rotatable bonds is 7. The van der Waals surface area contributed by atoms with Gasteiger partial charge in [-0.05, 0) is 18.1 Å². The second-order valence-electron chi connectivity index (χ2n) is 4.45. The molecule has 0 heterocycles. The zero-order chi connectivity index (χ0) is 15.2. The van der Waals surface area contributed by atoms with Crippen molar-refractivity contribution in [3.8, 4) is 0 Å². The molecule has 0 aliphatic carbocycles. The van der Waals surface area contributed by atoms with E-state index in [-0.39, 0.29) is 24.8 Å². The molecule has 0 aliphatic rings. The number of hydrogen-bond donors (Lipinski definition) is 0. The monoisotopic (exact) mass is 332 g/mol. The third kappa shape index (κ3) is 4.79. The molecule has 7 heteroatoms. The van der Waals surface area contributed by atoms with Crippen LogP contribution < -0.4 is 0 Å². The number of benzene rings is 1. The quantitative estimate of drug-likeness (QED) is 0.405. The predicted molar refractivity (Wildman–Crippen MR) is 71.0 cm³/mol. The van der Waals surface area contributed by atoms with Crippen LogP contribution in [0.4, 0.5) is 17.6 Å². The summed E-state index contributed by atoms with van der Waals surface area (Å²) < 4.78 is 54.3. The van der Waals surface area contributed by atoms with Crippen molar-refractivity contribution in [2.45, 2.75) is 18.0 Å². The number of alkyl halides is 5. The van der Waals surface area contributed by atoms with Gasteiger partial charge in [0.05, 0.1) is 0 Å². The SMILES string of the molecule is Fc1ccccc1C(CCl)(CCl)CCOCC(F)(F)F. The van der Waals surface area contributed by atoms with Gasteiger partial charge in [-0.25, -0.2) is 4.39 Å². The van der Waals surface area contributed by atoms with E-state index in [1.807, 2.05) is 0 Å². The lowest BCUT2D eigenvalue weighted by atomic mass is 9.81. The van der Waals surface area contributed by atoms with Crippen molar-refractivity contribution in [2.75, 3.05) is 25.0 Å². The van der Waals surface area contributed by atoms with Crippen LogP contribution in [0.2, 0.25) is 0 Å². The van der Waals surface area contributed by atoms with E-state index in [9.17, 15) is 17.6 Å². The maximum atomic E-state index is 13.8. The van der Waals surface area contributed by atoms with E-state index in [1.165, 1.54) is 18.2 Å². The lowest BCUT2D eigenvalue weighted by Crippen LogP contribution is -2.34. The molecule has 0 aliphatic heterocycles. The van der Waals surface area contributed by atoms with Crippen molar-refractivity contribution in [2.24, 2.45) is 0 Å². The molecule has 0 unspecified atom stereocenters. The smallest absolute Gasteiger partial charge is 0.372 e. The van der Waals surface area contributed by atoms with E-state index in [1.54, 1.807) is 6.07 Å². The van der Waals surface area contributed by atoms with Gasteiger partial charge in [0, 0.05) is 23.8 Å². The van der Waals surface area contributed by atoms with Crippen molar-refractivity contribution in [1.82, 2.24) is 0 Å². The molecule has 0 fully saturated rings. The van der Waals surface area contributed by atoms with Crippen LogP contribution >= 0.6 is 23.2 Å². The molecule has 114 valence electrons. The van der Waals surface area contributed by atoms with Crippen molar-refractivity contribution in [1.29, 1.82) is 0 Å². The van der Waals surface area contributed by atoms with Crippen LogP contribution in [0.25, 0.3) is 0 Å². The predicted octanol–water partition coefficient (Wildman–Crippen LogP) is 4.51. The summed E-state index contributed by atoms with van der Waals surface area (Å²) in [6.07, 6.45) is -4.28. The molecular weight excluding hydrogens is 319 g/mol. The van der Waals surface area contributed by atoms with Gasteiger partial charge in [0.2, 0.25) is 0 Å². The Morgan fingerprint density at radius 1 is 1.05 bits per heavy atom. The summed E-state index contributed by atoms with van der Waals surface area (Å²) in [6, 6.07) is 5.94. The number of ether oxygens (including phenoxy) is 1. The zero-order valence-electron chi connectivity index (χ0n) is 10.5. The van der Waals surface area contributed by atoms with Gasteiger partial charge in [0.1, 0.15) is 12.4 Å². The minimum Gasteiger partial charge on any atom is -0.372 e. The number of hydrogen-bond acceptors (Lipinski definition) is 1. The highest BCUT2D eigenvalue weighted by Gasteiger charge is 2.34. The third-order valence-corrected chi connectivity index (χ3v) is 3.97. The minimum absolute atomic E-state index is 0.00713. The fourth-order valence-electron chi connectivity index (χ4n) is 1.79. The average molecular weight is 333 g/mol. The lowest BCUT2D eigenvalue weighted by molar-refractivity contribution is -0.174. The Balaban J connectivity index is 2.75. The van der Waals surface area contributed by atoms with Gasteiger partial charge in [0.25, 0.3) is 0 Å². The third-order valence-electron chi connectivity index (χ3n) is 2.95. The zero-order valence-corrected chi connectivity index (χ0v) is 12.0. The average Bonchev–Trinajstić information content (AvgIpc) is 2.40. The fourth-order valence-corrected chi connectivity index (χ4v) is 2.64. The van der Waals surface area contributed by atoms with Crippen LogP contribution in [-0.2, 0) is 10.2 Å². The maximum absolute atomic E-state index is 13.8. The van der Waals surface area contributed by atoms with Gasteiger partial charge in [-0.3, -0.25) is 0 Å². The van der Waals surface area contributed by atoms with Crippen LogP contribution in [0.15, 0.2) is 24.3 Å². The first-order valence-corrected chi connectivity index (χ1v) is 6.93. The molecule has 0 radical (unpaired) electrons. The second-order valence-corrected chi connectivity index (χ2v) is 4.98. The molecule has 0 spiro atoms. The van der Waals surface area contributed by atoms with E-state index >= 15 is 0 Å². The van der Waals surface area contributed by atoms with Gasteiger partial charge in [-0.15, -0.1) is 23.2 Å². The highest BCUT2D eigenvalue weighted by molar-refractivity contribution is 6.22. The van der Waals surface area contributed by atoms with Crippen LogP contribution in [0.3, 0.4) is 0 Å². The summed E-state index contributed by atoms with van der Waals surface area (Å²) in [6.45, 7) is -1.54. The molecule has 20 heavy (non-hydrogen) atoms. The van der Waals surface area contributed by atoms with Crippen molar-refractivity contribution < 1.29 is 22.3 Å². The van der Waals surface area contributed by atoms with Gasteiger partial charge < -0.3 is 4.74 Å². The molecule has 0 saturated carbocycles. The van der Waals surface area contributed by atoms with E-state index < -0.39 is 24.0 Å². The second kappa shape index (κ2) is 7.48. The largest absolute Gasteiger partial charge is 0.411 e. The van der Waals surface area contributed by atoms with Crippen LogP contribution in [0.5, 0.6) is 0 Å². The van der Waals surface area contributed by atoms with E-state index in [2.05, 4.69) is 4.74 Å². The van der Waals surface area contributed by atoms with Crippen molar-refractivity contribution in [3.05, 3.63) is 35.6 Å². The molecular formula is C13H14Cl2F4O. The van der Waals surface area contributed by atoms with Gasteiger partial charge >= 0.3 is 6.18 Å². The summed E-state index contributed by atoms with van der Waals surface area (Å²) in [7, 11) is 0. The Bertz CT molecular complexity index is 419. The van der Waals surface area contributed by atoms with Crippen LogP contribution in [0, 0.1) is 5.82 Å². The van der Waals surface area contributed by atoms with Gasteiger partial charge in [0.15, 0.2) is 0 Å². The Labute approximate surface area is 124 Å². The fraction of sp³-hybridized carbons (Fsp3) is 0.538. The summed E-state index contributed by atoms with van der Waals surface area (Å²) in [5.74, 6) is -0.496. The van der Waals surface area contributed by atoms with E-state index in [0.717, 1.165) is 0 Å². The Kier molecular flexibility index (Phi) is 6.55. The molecule has 1 aromatic rings. The Morgan fingerprint density at radius 2 is 1.65 bits per heavy atom. The molecule has 0 N–H and O–H groups in total.